The average Bonchev–Trinajstić information content (AvgIpc) is 2.37. The number of hydrogen-bond donors (Lipinski definition) is 1. The van der Waals surface area contributed by atoms with E-state index < -0.39 is 10.8 Å². The summed E-state index contributed by atoms with van der Waals surface area (Å²) in [7, 11) is 2.50. The Morgan fingerprint density at radius 1 is 1.35 bits per heavy atom. The van der Waals surface area contributed by atoms with Crippen LogP contribution in [-0.4, -0.2) is 29.7 Å². The zero-order valence-electron chi connectivity index (χ0n) is 10.9. The van der Waals surface area contributed by atoms with Gasteiger partial charge in [0.05, 0.1) is 22.8 Å². The summed E-state index contributed by atoms with van der Waals surface area (Å²) in [6.07, 6.45) is 0.876. The second-order valence-electron chi connectivity index (χ2n) is 4.18. The van der Waals surface area contributed by atoms with E-state index in [9.17, 15) is 4.21 Å². The van der Waals surface area contributed by atoms with Crippen LogP contribution in [0.15, 0.2) is 29.2 Å². The highest BCUT2D eigenvalue weighted by atomic mass is 32.2. The predicted octanol–water partition coefficient (Wildman–Crippen LogP) is 2.19. The number of para-hydroxylation sites is 1. The van der Waals surface area contributed by atoms with Gasteiger partial charge in [-0.05, 0) is 32.5 Å². The second-order valence-corrected chi connectivity index (χ2v) is 6.02. The first-order valence-corrected chi connectivity index (χ1v) is 7.02. The van der Waals surface area contributed by atoms with Crippen LogP contribution in [0.3, 0.4) is 0 Å². The first-order chi connectivity index (χ1) is 8.10. The van der Waals surface area contributed by atoms with Crippen LogP contribution in [0.25, 0.3) is 0 Å². The lowest BCUT2D eigenvalue weighted by atomic mass is 10.2. The highest BCUT2D eigenvalue weighted by Gasteiger charge is 2.18. The lowest BCUT2D eigenvalue weighted by Gasteiger charge is -2.17. The maximum atomic E-state index is 12.4. The maximum absolute atomic E-state index is 12.4. The quantitative estimate of drug-likeness (QED) is 0.847. The van der Waals surface area contributed by atoms with Gasteiger partial charge in [0.1, 0.15) is 5.75 Å². The molecule has 0 aliphatic rings. The molecule has 0 radical (unpaired) electrons. The molecule has 0 aromatic heterocycles. The third kappa shape index (κ3) is 3.82. The smallest absolute Gasteiger partial charge is 0.134 e. The van der Waals surface area contributed by atoms with Gasteiger partial charge in [0.2, 0.25) is 0 Å². The monoisotopic (exact) mass is 255 g/mol. The van der Waals surface area contributed by atoms with Crippen LogP contribution in [0, 0.1) is 0 Å². The van der Waals surface area contributed by atoms with Crippen molar-refractivity contribution in [2.45, 2.75) is 36.5 Å². The summed E-state index contributed by atoms with van der Waals surface area (Å²) < 4.78 is 17.6. The normalized spacial score (nSPS) is 16.2. The molecule has 0 aliphatic carbocycles. The maximum Gasteiger partial charge on any atom is 0.134 e. The number of ether oxygens (including phenoxy) is 1. The second kappa shape index (κ2) is 6.77. The van der Waals surface area contributed by atoms with Crippen molar-refractivity contribution in [2.24, 2.45) is 0 Å². The SMILES string of the molecule is CNC(C)CC(C)S(=O)c1ccccc1OC. The number of hydrogen-bond acceptors (Lipinski definition) is 3. The van der Waals surface area contributed by atoms with E-state index in [1.807, 2.05) is 38.2 Å². The van der Waals surface area contributed by atoms with Crippen molar-refractivity contribution in [3.8, 4) is 5.75 Å². The number of nitrogens with one attached hydrogen (secondary N) is 1. The van der Waals surface area contributed by atoms with Crippen molar-refractivity contribution in [1.82, 2.24) is 5.32 Å². The van der Waals surface area contributed by atoms with Gasteiger partial charge in [-0.15, -0.1) is 0 Å². The molecule has 1 rings (SSSR count). The van der Waals surface area contributed by atoms with Crippen LogP contribution in [-0.2, 0) is 10.8 Å². The minimum atomic E-state index is -1.03. The minimum Gasteiger partial charge on any atom is -0.495 e. The highest BCUT2D eigenvalue weighted by molar-refractivity contribution is 7.85. The molecule has 4 heteroatoms. The molecule has 0 amide bonds. The van der Waals surface area contributed by atoms with Crippen LogP contribution >= 0.6 is 0 Å². The van der Waals surface area contributed by atoms with Gasteiger partial charge in [0.25, 0.3) is 0 Å². The fourth-order valence-electron chi connectivity index (χ4n) is 1.70. The van der Waals surface area contributed by atoms with E-state index in [1.54, 1.807) is 7.11 Å². The summed E-state index contributed by atoms with van der Waals surface area (Å²) in [5.74, 6) is 0.704. The molecule has 0 saturated heterocycles. The Morgan fingerprint density at radius 2 is 2.00 bits per heavy atom. The van der Waals surface area contributed by atoms with Crippen molar-refractivity contribution < 1.29 is 8.95 Å². The Balaban J connectivity index is 2.81. The molecule has 0 aliphatic heterocycles. The van der Waals surface area contributed by atoms with Crippen LogP contribution in [0.2, 0.25) is 0 Å². The molecule has 0 saturated carbocycles. The van der Waals surface area contributed by atoms with Gasteiger partial charge >= 0.3 is 0 Å². The van der Waals surface area contributed by atoms with Crippen LogP contribution in [0.4, 0.5) is 0 Å². The third-order valence-electron chi connectivity index (χ3n) is 2.83. The molecule has 0 heterocycles. The van der Waals surface area contributed by atoms with Crippen molar-refractivity contribution in [3.05, 3.63) is 24.3 Å². The first-order valence-electron chi connectivity index (χ1n) is 5.81. The van der Waals surface area contributed by atoms with Gasteiger partial charge in [0.15, 0.2) is 0 Å². The molecule has 1 aromatic carbocycles. The van der Waals surface area contributed by atoms with Crippen LogP contribution in [0.1, 0.15) is 20.3 Å². The van der Waals surface area contributed by atoms with Crippen molar-refractivity contribution in [3.63, 3.8) is 0 Å². The molecule has 0 fully saturated rings. The molecule has 3 nitrogen and oxygen atoms in total. The van der Waals surface area contributed by atoms with Crippen LogP contribution in [0.5, 0.6) is 5.75 Å². The van der Waals surface area contributed by atoms with E-state index in [0.29, 0.717) is 11.8 Å². The molecule has 96 valence electrons. The highest BCUT2D eigenvalue weighted by Crippen LogP contribution is 2.24. The first kappa shape index (κ1) is 14.2. The van der Waals surface area contributed by atoms with Gasteiger partial charge in [-0.25, -0.2) is 0 Å². The molecule has 0 bridgehead atoms. The Hall–Kier alpha value is -0.870. The Kier molecular flexibility index (Phi) is 5.65. The summed E-state index contributed by atoms with van der Waals surface area (Å²) in [6, 6.07) is 7.87. The molecule has 3 atom stereocenters. The largest absolute Gasteiger partial charge is 0.495 e. The van der Waals surface area contributed by atoms with E-state index in [2.05, 4.69) is 12.2 Å². The number of methoxy groups -OCH3 is 1. The van der Waals surface area contributed by atoms with Crippen molar-refractivity contribution in [2.75, 3.05) is 14.2 Å². The lowest BCUT2D eigenvalue weighted by molar-refractivity contribution is 0.403. The third-order valence-corrected chi connectivity index (χ3v) is 4.52. The number of benzene rings is 1. The molecular weight excluding hydrogens is 234 g/mol. The molecule has 17 heavy (non-hydrogen) atoms. The average molecular weight is 255 g/mol. The van der Waals surface area contributed by atoms with Gasteiger partial charge in [-0.3, -0.25) is 4.21 Å². The van der Waals surface area contributed by atoms with Crippen LogP contribution < -0.4 is 10.1 Å². The van der Waals surface area contributed by atoms with Gasteiger partial charge < -0.3 is 10.1 Å². The summed E-state index contributed by atoms with van der Waals surface area (Å²) in [6.45, 7) is 4.10. The standard InChI is InChI=1S/C13H21NO2S/c1-10(14-3)9-11(2)17(15)13-8-6-5-7-12(13)16-4/h5-8,10-11,14H,9H2,1-4H3. The zero-order valence-corrected chi connectivity index (χ0v) is 11.7. The van der Waals surface area contributed by atoms with E-state index in [-0.39, 0.29) is 5.25 Å². The number of rotatable bonds is 6. The molecule has 1 aromatic rings. The van der Waals surface area contributed by atoms with Gasteiger partial charge in [-0.1, -0.05) is 19.1 Å². The summed E-state index contributed by atoms with van der Waals surface area (Å²) in [5, 5.41) is 3.27. The minimum absolute atomic E-state index is 0.105. The molecule has 0 spiro atoms. The van der Waals surface area contributed by atoms with Gasteiger partial charge in [-0.2, -0.15) is 0 Å². The Labute approximate surface area is 106 Å². The molecular formula is C13H21NO2S. The fourth-order valence-corrected chi connectivity index (χ4v) is 3.16. The fraction of sp³-hybridized carbons (Fsp3) is 0.538. The van der Waals surface area contributed by atoms with E-state index in [0.717, 1.165) is 11.3 Å². The van der Waals surface area contributed by atoms with E-state index >= 15 is 0 Å². The summed E-state index contributed by atoms with van der Waals surface area (Å²) in [4.78, 5) is 0.783. The summed E-state index contributed by atoms with van der Waals surface area (Å²) in [5.41, 5.74) is 0. The zero-order chi connectivity index (χ0) is 12.8. The van der Waals surface area contributed by atoms with E-state index in [1.165, 1.54) is 0 Å². The summed E-state index contributed by atoms with van der Waals surface area (Å²) >= 11 is 0. The topological polar surface area (TPSA) is 38.3 Å². The van der Waals surface area contributed by atoms with E-state index in [4.69, 9.17) is 4.74 Å². The lowest BCUT2D eigenvalue weighted by Crippen LogP contribution is -2.27. The molecule has 3 unspecified atom stereocenters. The van der Waals surface area contributed by atoms with Crippen molar-refractivity contribution in [1.29, 1.82) is 0 Å². The van der Waals surface area contributed by atoms with Crippen molar-refractivity contribution >= 4 is 10.8 Å². The Bertz CT molecular complexity index is 381. The Morgan fingerprint density at radius 3 is 2.59 bits per heavy atom. The molecule has 1 N–H and O–H groups in total. The van der Waals surface area contributed by atoms with Gasteiger partial charge in [0, 0.05) is 11.3 Å². The predicted molar refractivity (Wildman–Crippen MR) is 72.0 cm³/mol.